The van der Waals surface area contributed by atoms with Gasteiger partial charge < -0.3 is 5.32 Å². The summed E-state index contributed by atoms with van der Waals surface area (Å²) < 4.78 is 40.8. The largest absolute Gasteiger partial charge is 0.336 e. The van der Waals surface area contributed by atoms with Gasteiger partial charge in [0, 0.05) is 24.6 Å². The van der Waals surface area contributed by atoms with E-state index in [0.29, 0.717) is 12.8 Å². The Hall–Kier alpha value is -2.76. The molecule has 3 rings (SSSR count). The number of rotatable bonds is 5. The molecule has 0 aromatic heterocycles. The topological polar surface area (TPSA) is 90.3 Å². The first-order chi connectivity index (χ1) is 13.8. The Bertz CT molecular complexity index is 1020. The van der Waals surface area contributed by atoms with E-state index < -0.39 is 27.8 Å². The average molecular weight is 415 g/mol. The number of aryl methyl sites for hydroxylation is 1. The maximum Gasteiger partial charge on any atom is 0.243 e. The summed E-state index contributed by atoms with van der Waals surface area (Å²) in [4.78, 5) is 12.8. The summed E-state index contributed by atoms with van der Waals surface area (Å²) in [6, 6.07) is 13.3. The molecule has 2 aromatic carbocycles. The van der Waals surface area contributed by atoms with Crippen LogP contribution in [0.25, 0.3) is 0 Å². The third-order valence-electron chi connectivity index (χ3n) is 5.12. The molecule has 1 heterocycles. The third kappa shape index (κ3) is 4.63. The molecule has 152 valence electrons. The SMILES string of the molecule is Cc1ccc(S(=O)(=O)N2CCC(C(=O)NC(C#N)c3ccccc3F)CC2)cc1. The van der Waals surface area contributed by atoms with Crippen LogP contribution in [0.3, 0.4) is 0 Å². The smallest absolute Gasteiger partial charge is 0.243 e. The molecule has 1 aliphatic heterocycles. The van der Waals surface area contributed by atoms with Gasteiger partial charge in [0.25, 0.3) is 0 Å². The van der Waals surface area contributed by atoms with E-state index in [9.17, 15) is 22.9 Å². The Morgan fingerprint density at radius 1 is 1.17 bits per heavy atom. The van der Waals surface area contributed by atoms with Gasteiger partial charge in [-0.25, -0.2) is 12.8 Å². The molecule has 2 aromatic rings. The molecule has 1 fully saturated rings. The van der Waals surface area contributed by atoms with E-state index in [2.05, 4.69) is 5.32 Å². The van der Waals surface area contributed by atoms with Crippen molar-refractivity contribution in [3.63, 3.8) is 0 Å². The molecular formula is C21H22FN3O3S. The molecule has 1 saturated heterocycles. The number of carbonyl (C=O) groups excluding carboxylic acids is 1. The monoisotopic (exact) mass is 415 g/mol. The van der Waals surface area contributed by atoms with Crippen molar-refractivity contribution in [3.05, 3.63) is 65.5 Å². The van der Waals surface area contributed by atoms with Crippen LogP contribution < -0.4 is 5.32 Å². The minimum Gasteiger partial charge on any atom is -0.336 e. The fraction of sp³-hybridized carbons (Fsp3) is 0.333. The zero-order chi connectivity index (χ0) is 21.0. The molecular weight excluding hydrogens is 393 g/mol. The van der Waals surface area contributed by atoms with E-state index >= 15 is 0 Å². The Morgan fingerprint density at radius 3 is 2.38 bits per heavy atom. The van der Waals surface area contributed by atoms with Gasteiger partial charge in [-0.2, -0.15) is 9.57 Å². The van der Waals surface area contributed by atoms with Crippen LogP contribution in [-0.2, 0) is 14.8 Å². The summed E-state index contributed by atoms with van der Waals surface area (Å²) in [5.41, 5.74) is 1.09. The molecule has 1 atom stereocenters. The lowest BCUT2D eigenvalue weighted by Gasteiger charge is -2.31. The van der Waals surface area contributed by atoms with Crippen molar-refractivity contribution in [2.45, 2.75) is 30.7 Å². The maximum atomic E-state index is 13.9. The van der Waals surface area contributed by atoms with E-state index in [-0.39, 0.29) is 29.5 Å². The number of amides is 1. The van der Waals surface area contributed by atoms with Gasteiger partial charge in [-0.3, -0.25) is 4.79 Å². The molecule has 1 amide bonds. The number of hydrogen-bond acceptors (Lipinski definition) is 4. The average Bonchev–Trinajstić information content (AvgIpc) is 2.73. The molecule has 29 heavy (non-hydrogen) atoms. The van der Waals surface area contributed by atoms with Gasteiger partial charge in [0.1, 0.15) is 11.9 Å². The second-order valence-electron chi connectivity index (χ2n) is 7.08. The van der Waals surface area contributed by atoms with Gasteiger partial charge >= 0.3 is 0 Å². The Balaban J connectivity index is 1.63. The second kappa shape index (κ2) is 8.72. The van der Waals surface area contributed by atoms with Crippen molar-refractivity contribution in [2.24, 2.45) is 5.92 Å². The normalized spacial score (nSPS) is 16.7. The van der Waals surface area contributed by atoms with E-state index in [1.165, 1.54) is 22.5 Å². The summed E-state index contributed by atoms with van der Waals surface area (Å²) in [6.07, 6.45) is 0.679. The Morgan fingerprint density at radius 2 is 1.79 bits per heavy atom. The molecule has 1 N–H and O–H groups in total. The van der Waals surface area contributed by atoms with Crippen LogP contribution in [0.4, 0.5) is 4.39 Å². The summed E-state index contributed by atoms with van der Waals surface area (Å²) in [5.74, 6) is -1.35. The fourth-order valence-electron chi connectivity index (χ4n) is 3.37. The first kappa shape index (κ1) is 21.0. The highest BCUT2D eigenvalue weighted by Gasteiger charge is 2.33. The number of halogens is 1. The number of piperidine rings is 1. The predicted octanol–water partition coefficient (Wildman–Crippen LogP) is 2.92. The van der Waals surface area contributed by atoms with Crippen LogP contribution in [0.2, 0.25) is 0 Å². The van der Waals surface area contributed by atoms with E-state index in [1.54, 1.807) is 30.3 Å². The van der Waals surface area contributed by atoms with Crippen molar-refractivity contribution in [1.29, 1.82) is 5.26 Å². The third-order valence-corrected chi connectivity index (χ3v) is 7.03. The number of nitrogens with one attached hydrogen (secondary N) is 1. The zero-order valence-corrected chi connectivity index (χ0v) is 16.8. The Labute approximate surface area is 170 Å². The highest BCUT2D eigenvalue weighted by Crippen LogP contribution is 2.25. The van der Waals surface area contributed by atoms with E-state index in [0.717, 1.165) is 5.56 Å². The second-order valence-corrected chi connectivity index (χ2v) is 9.02. The van der Waals surface area contributed by atoms with Gasteiger partial charge in [-0.15, -0.1) is 0 Å². The van der Waals surface area contributed by atoms with Crippen LogP contribution in [0.5, 0.6) is 0 Å². The summed E-state index contributed by atoms with van der Waals surface area (Å²) in [7, 11) is -3.60. The van der Waals surface area contributed by atoms with Crippen molar-refractivity contribution in [3.8, 4) is 6.07 Å². The highest BCUT2D eigenvalue weighted by atomic mass is 32.2. The summed E-state index contributed by atoms with van der Waals surface area (Å²) >= 11 is 0. The Kier molecular flexibility index (Phi) is 6.30. The lowest BCUT2D eigenvalue weighted by atomic mass is 9.96. The van der Waals surface area contributed by atoms with Crippen LogP contribution in [0, 0.1) is 30.0 Å². The van der Waals surface area contributed by atoms with Gasteiger partial charge in [0.2, 0.25) is 15.9 Å². The number of sulfonamides is 1. The van der Waals surface area contributed by atoms with Gasteiger partial charge in [-0.1, -0.05) is 35.9 Å². The fourth-order valence-corrected chi connectivity index (χ4v) is 4.84. The molecule has 0 radical (unpaired) electrons. The van der Waals surface area contributed by atoms with E-state index in [4.69, 9.17) is 0 Å². The van der Waals surface area contributed by atoms with Crippen LogP contribution in [0.1, 0.15) is 30.0 Å². The lowest BCUT2D eigenvalue weighted by molar-refractivity contribution is -0.126. The lowest BCUT2D eigenvalue weighted by Crippen LogP contribution is -2.43. The van der Waals surface area contributed by atoms with Gasteiger partial charge in [0.05, 0.1) is 11.0 Å². The zero-order valence-electron chi connectivity index (χ0n) is 16.0. The molecule has 1 unspecified atom stereocenters. The molecule has 8 heteroatoms. The van der Waals surface area contributed by atoms with Crippen molar-refractivity contribution in [2.75, 3.05) is 13.1 Å². The molecule has 0 spiro atoms. The summed E-state index contributed by atoms with van der Waals surface area (Å²) in [5, 5.41) is 11.9. The number of hydrogen-bond donors (Lipinski definition) is 1. The van der Waals surface area contributed by atoms with Crippen molar-refractivity contribution < 1.29 is 17.6 Å². The molecule has 6 nitrogen and oxygen atoms in total. The van der Waals surface area contributed by atoms with Crippen molar-refractivity contribution in [1.82, 2.24) is 9.62 Å². The predicted molar refractivity (Wildman–Crippen MR) is 106 cm³/mol. The van der Waals surface area contributed by atoms with Gasteiger partial charge in [-0.05, 0) is 38.0 Å². The molecule has 0 aliphatic carbocycles. The van der Waals surface area contributed by atoms with Crippen LogP contribution in [-0.4, -0.2) is 31.7 Å². The van der Waals surface area contributed by atoms with Crippen molar-refractivity contribution >= 4 is 15.9 Å². The first-order valence-electron chi connectivity index (χ1n) is 9.34. The number of nitrogens with zero attached hydrogens (tertiary/aromatic N) is 2. The van der Waals surface area contributed by atoms with E-state index in [1.807, 2.05) is 13.0 Å². The molecule has 0 bridgehead atoms. The number of benzene rings is 2. The minimum absolute atomic E-state index is 0.114. The first-order valence-corrected chi connectivity index (χ1v) is 10.8. The van der Waals surface area contributed by atoms with Crippen LogP contribution in [0.15, 0.2) is 53.4 Å². The minimum atomic E-state index is -3.60. The quantitative estimate of drug-likeness (QED) is 0.813. The summed E-state index contributed by atoms with van der Waals surface area (Å²) in [6.45, 7) is 2.31. The molecule has 1 aliphatic rings. The maximum absolute atomic E-state index is 13.9. The van der Waals surface area contributed by atoms with Gasteiger partial charge in [0.15, 0.2) is 0 Å². The molecule has 0 saturated carbocycles. The van der Waals surface area contributed by atoms with Crippen LogP contribution >= 0.6 is 0 Å². The number of nitriles is 1. The number of carbonyl (C=O) groups is 1. The highest BCUT2D eigenvalue weighted by molar-refractivity contribution is 7.89. The standard InChI is InChI=1S/C21H22FN3O3S/c1-15-6-8-17(9-7-15)29(27,28)25-12-10-16(11-13-25)21(26)24-20(14-23)18-4-2-3-5-19(18)22/h2-9,16,20H,10-13H2,1H3,(H,24,26).